The number of hydrogen-bond donors (Lipinski definition) is 0. The van der Waals surface area contributed by atoms with Gasteiger partial charge in [-0.3, -0.25) is 4.98 Å². The highest BCUT2D eigenvalue weighted by Crippen LogP contribution is 2.27. The minimum Gasteiger partial charge on any atom is -0.543 e. The van der Waals surface area contributed by atoms with Crippen LogP contribution in [-0.4, -0.2) is 11.0 Å². The molecule has 3 aromatic rings. The maximum atomic E-state index is 14.0. The van der Waals surface area contributed by atoms with E-state index in [0.717, 1.165) is 0 Å². The molecule has 8 heteroatoms. The second-order valence-electron chi connectivity index (χ2n) is 5.90. The molecule has 0 bridgehead atoms. The van der Waals surface area contributed by atoms with Crippen molar-refractivity contribution in [2.45, 2.75) is 13.0 Å². The summed E-state index contributed by atoms with van der Waals surface area (Å²) in [6, 6.07) is 12.0. The van der Waals surface area contributed by atoms with Gasteiger partial charge in [-0.25, -0.2) is 4.39 Å². The molecule has 0 fully saturated rings. The Balaban J connectivity index is 1.86. The molecule has 0 spiro atoms. The van der Waals surface area contributed by atoms with Gasteiger partial charge in [0.1, 0.15) is 18.2 Å². The number of carbonyl (C=O) groups is 1. The van der Waals surface area contributed by atoms with Crippen LogP contribution in [0.15, 0.2) is 48.5 Å². The number of nitrogens with zero attached hydrogens (tertiary/aromatic N) is 1. The van der Waals surface area contributed by atoms with Gasteiger partial charge in [-0.05, 0) is 42.5 Å². The van der Waals surface area contributed by atoms with Crippen molar-refractivity contribution in [1.29, 1.82) is 0 Å². The molecule has 0 saturated heterocycles. The van der Waals surface area contributed by atoms with E-state index in [1.165, 1.54) is 24.3 Å². The molecular weight excluding hydrogens is 428 g/mol. The third-order valence-electron chi connectivity index (χ3n) is 3.84. The Morgan fingerprint density at radius 1 is 0.964 bits per heavy atom. The van der Waals surface area contributed by atoms with Gasteiger partial charge < -0.3 is 14.6 Å². The molecule has 0 aliphatic carbocycles. The van der Waals surface area contributed by atoms with Crippen LogP contribution >= 0.6 is 34.8 Å². The minimum absolute atomic E-state index is 0.0229. The molecule has 4 nitrogen and oxygen atoms in total. The molecule has 0 radical (unpaired) electrons. The van der Waals surface area contributed by atoms with Gasteiger partial charge in [0.25, 0.3) is 0 Å². The Morgan fingerprint density at radius 3 is 2.39 bits per heavy atom. The van der Waals surface area contributed by atoms with E-state index < -0.39 is 11.8 Å². The molecular formula is C20H12Cl3FNO3-. The van der Waals surface area contributed by atoms with Gasteiger partial charge in [0, 0.05) is 38.3 Å². The number of carboxylic acids is 1. The maximum absolute atomic E-state index is 14.0. The lowest BCUT2D eigenvalue weighted by atomic mass is 10.1. The second kappa shape index (κ2) is 8.78. The largest absolute Gasteiger partial charge is 0.543 e. The third kappa shape index (κ3) is 5.13. The Hall–Kier alpha value is -2.34. The predicted octanol–water partition coefficient (Wildman–Crippen LogP) is 4.71. The summed E-state index contributed by atoms with van der Waals surface area (Å²) in [5.41, 5.74) is 1.11. The topological polar surface area (TPSA) is 62.2 Å². The average molecular weight is 440 g/mol. The molecule has 1 aromatic heterocycles. The van der Waals surface area contributed by atoms with Crippen LogP contribution in [0.4, 0.5) is 4.39 Å². The summed E-state index contributed by atoms with van der Waals surface area (Å²) in [7, 11) is 0. The summed E-state index contributed by atoms with van der Waals surface area (Å²) >= 11 is 17.8. The highest BCUT2D eigenvalue weighted by atomic mass is 35.5. The first-order chi connectivity index (χ1) is 13.3. The van der Waals surface area contributed by atoms with Gasteiger partial charge in [-0.1, -0.05) is 40.9 Å². The lowest BCUT2D eigenvalue weighted by Crippen LogP contribution is -2.24. The quantitative estimate of drug-likeness (QED) is 0.558. The number of pyridine rings is 1. The molecule has 2 aromatic carbocycles. The highest BCUT2D eigenvalue weighted by molar-refractivity contribution is 6.31. The fourth-order valence-corrected chi connectivity index (χ4v) is 3.14. The first-order valence-corrected chi connectivity index (χ1v) is 9.18. The molecule has 1 heterocycles. The van der Waals surface area contributed by atoms with Crippen molar-refractivity contribution in [3.63, 3.8) is 0 Å². The van der Waals surface area contributed by atoms with Crippen molar-refractivity contribution in [1.82, 2.24) is 4.98 Å². The van der Waals surface area contributed by atoms with Crippen LogP contribution in [-0.2, 0) is 13.0 Å². The fraction of sp³-hybridized carbons (Fsp3) is 0.100. The number of carbonyl (C=O) groups excluding carboxylic acids is 1. The number of aromatic nitrogens is 1. The van der Waals surface area contributed by atoms with Gasteiger partial charge in [0.2, 0.25) is 0 Å². The molecule has 0 unspecified atom stereocenters. The van der Waals surface area contributed by atoms with Crippen molar-refractivity contribution in [3.05, 3.63) is 91.9 Å². The van der Waals surface area contributed by atoms with Gasteiger partial charge in [0.05, 0.1) is 11.7 Å². The summed E-state index contributed by atoms with van der Waals surface area (Å²) in [6.07, 6.45) is 0.208. The lowest BCUT2D eigenvalue weighted by Gasteiger charge is -2.13. The molecule has 0 atom stereocenters. The van der Waals surface area contributed by atoms with Crippen LogP contribution in [0.1, 0.15) is 27.3 Å². The van der Waals surface area contributed by atoms with E-state index in [4.69, 9.17) is 39.5 Å². The highest BCUT2D eigenvalue weighted by Gasteiger charge is 2.11. The Bertz CT molecular complexity index is 1040. The van der Waals surface area contributed by atoms with Crippen LogP contribution in [0.25, 0.3) is 0 Å². The van der Waals surface area contributed by atoms with E-state index in [1.54, 1.807) is 24.3 Å². The van der Waals surface area contributed by atoms with Crippen LogP contribution in [0, 0.1) is 5.82 Å². The number of carboxylic acid groups (broad SMARTS) is 1. The van der Waals surface area contributed by atoms with Crippen LogP contribution in [0.3, 0.4) is 0 Å². The van der Waals surface area contributed by atoms with Gasteiger partial charge >= 0.3 is 0 Å². The summed E-state index contributed by atoms with van der Waals surface area (Å²) in [4.78, 5) is 15.1. The van der Waals surface area contributed by atoms with Crippen molar-refractivity contribution in [2.24, 2.45) is 0 Å². The van der Waals surface area contributed by atoms with E-state index in [2.05, 4.69) is 4.98 Å². The Labute approximate surface area is 175 Å². The van der Waals surface area contributed by atoms with E-state index in [-0.39, 0.29) is 23.7 Å². The monoisotopic (exact) mass is 438 g/mol. The zero-order valence-electron chi connectivity index (χ0n) is 14.2. The first-order valence-electron chi connectivity index (χ1n) is 8.05. The molecule has 0 aliphatic heterocycles. The SMILES string of the molecule is O=C([O-])c1cc(Cl)cc(Cc2cc(Cl)ccc2OCc2ccc(Cl)cc2F)n1. The molecule has 0 aliphatic rings. The minimum atomic E-state index is -1.43. The molecule has 0 N–H and O–H groups in total. The first kappa shape index (κ1) is 20.4. The Kier molecular flexibility index (Phi) is 6.39. The number of halogens is 4. The number of hydrogen-bond acceptors (Lipinski definition) is 4. The number of aromatic carboxylic acids is 1. The Morgan fingerprint density at radius 2 is 1.68 bits per heavy atom. The molecule has 0 amide bonds. The normalized spacial score (nSPS) is 10.7. The third-order valence-corrected chi connectivity index (χ3v) is 4.53. The zero-order valence-corrected chi connectivity index (χ0v) is 16.5. The van der Waals surface area contributed by atoms with Gasteiger partial charge in [-0.15, -0.1) is 0 Å². The van der Waals surface area contributed by atoms with E-state index in [9.17, 15) is 14.3 Å². The van der Waals surface area contributed by atoms with E-state index >= 15 is 0 Å². The fourth-order valence-electron chi connectivity index (χ4n) is 2.56. The summed E-state index contributed by atoms with van der Waals surface area (Å²) in [5.74, 6) is -1.45. The van der Waals surface area contributed by atoms with Crippen molar-refractivity contribution < 1.29 is 19.0 Å². The summed E-state index contributed by atoms with van der Waals surface area (Å²) in [5, 5.41) is 12.0. The van der Waals surface area contributed by atoms with E-state index in [0.29, 0.717) is 32.6 Å². The van der Waals surface area contributed by atoms with Crippen molar-refractivity contribution in [3.8, 4) is 5.75 Å². The van der Waals surface area contributed by atoms with Crippen molar-refractivity contribution in [2.75, 3.05) is 0 Å². The zero-order chi connectivity index (χ0) is 20.3. The molecule has 144 valence electrons. The average Bonchev–Trinajstić information content (AvgIpc) is 2.62. The predicted molar refractivity (Wildman–Crippen MR) is 104 cm³/mol. The van der Waals surface area contributed by atoms with Crippen LogP contribution in [0.2, 0.25) is 15.1 Å². The van der Waals surface area contributed by atoms with Gasteiger partial charge in [0.15, 0.2) is 0 Å². The number of ether oxygens (including phenoxy) is 1. The van der Waals surface area contributed by atoms with E-state index in [1.807, 2.05) is 0 Å². The van der Waals surface area contributed by atoms with Crippen LogP contribution < -0.4 is 9.84 Å². The maximum Gasteiger partial charge on any atom is 0.131 e. The molecule has 28 heavy (non-hydrogen) atoms. The molecule has 0 saturated carbocycles. The number of benzene rings is 2. The second-order valence-corrected chi connectivity index (χ2v) is 7.21. The molecule has 3 rings (SSSR count). The smallest absolute Gasteiger partial charge is 0.131 e. The van der Waals surface area contributed by atoms with Crippen LogP contribution in [0.5, 0.6) is 5.75 Å². The summed E-state index contributed by atoms with van der Waals surface area (Å²) < 4.78 is 19.7. The summed E-state index contributed by atoms with van der Waals surface area (Å²) in [6.45, 7) is -0.0229. The standard InChI is InChI=1S/C20H13Cl3FNO3/c21-13-3-4-19(28-10-11-1-2-14(22)8-17(11)24)12(5-13)6-16-7-15(23)9-18(25-16)20(26)27/h1-5,7-9H,6,10H2,(H,26,27)/p-1. The van der Waals surface area contributed by atoms with Crippen molar-refractivity contribution >= 4 is 40.8 Å². The lowest BCUT2D eigenvalue weighted by molar-refractivity contribution is -0.255. The van der Waals surface area contributed by atoms with Gasteiger partial charge in [-0.2, -0.15) is 0 Å². The number of rotatable bonds is 6.